The number of aromatic carboxylic acids is 1. The van der Waals surface area contributed by atoms with Gasteiger partial charge in [-0.1, -0.05) is 115 Å². The number of benzene rings is 1. The van der Waals surface area contributed by atoms with Gasteiger partial charge in [-0.25, -0.2) is 4.79 Å². The summed E-state index contributed by atoms with van der Waals surface area (Å²) in [7, 11) is 0. The van der Waals surface area contributed by atoms with Gasteiger partial charge in [-0.15, -0.1) is 5.75 Å². The summed E-state index contributed by atoms with van der Waals surface area (Å²) in [6.45, 7) is 2.27. The molecule has 1 aromatic rings. The number of carboxylic acid groups (broad SMARTS) is 1. The fourth-order valence-corrected chi connectivity index (χ4v) is 3.85. The molecule has 0 atom stereocenters. The van der Waals surface area contributed by atoms with E-state index in [1.807, 2.05) is 0 Å². The van der Waals surface area contributed by atoms with Crippen LogP contribution in [0.15, 0.2) is 18.2 Å². The first-order valence-electron chi connectivity index (χ1n) is 11.7. The summed E-state index contributed by atoms with van der Waals surface area (Å²) in [6, 6.07) is 4.25. The number of hydrogen-bond donors (Lipinski definition) is 1. The maximum absolute atomic E-state index is 11.4. The predicted molar refractivity (Wildman–Crippen MR) is 116 cm³/mol. The molecule has 1 N–H and O–H groups in total. The van der Waals surface area contributed by atoms with Gasteiger partial charge in [0.05, 0.1) is 5.56 Å². The van der Waals surface area contributed by atoms with Crippen LogP contribution in [0, 0.1) is 0 Å². The molecule has 0 fully saturated rings. The number of hydrogen-bond acceptors (Lipinski definition) is 2. The molecule has 160 valence electrons. The molecule has 0 aliphatic heterocycles. The van der Waals surface area contributed by atoms with Gasteiger partial charge < -0.3 is 10.2 Å². The molecule has 0 unspecified atom stereocenters. The fraction of sp³-hybridized carbons (Fsp3) is 0.720. The highest BCUT2D eigenvalue weighted by Gasteiger charge is 2.08. The van der Waals surface area contributed by atoms with E-state index in [4.69, 9.17) is 0 Å². The van der Waals surface area contributed by atoms with Crippen molar-refractivity contribution < 1.29 is 15.0 Å². The topological polar surface area (TPSA) is 60.4 Å². The van der Waals surface area contributed by atoms with Crippen LogP contribution in [0.5, 0.6) is 5.75 Å². The third kappa shape index (κ3) is 12.0. The summed E-state index contributed by atoms with van der Waals surface area (Å²) in [6.07, 6.45) is 21.9. The molecule has 0 amide bonds. The largest absolute Gasteiger partial charge is 0.872 e. The Morgan fingerprint density at radius 1 is 0.750 bits per heavy atom. The number of unbranched alkanes of at least 4 members (excludes halogenated alkanes) is 15. The van der Waals surface area contributed by atoms with Crippen molar-refractivity contribution in [1.82, 2.24) is 0 Å². The summed E-state index contributed by atoms with van der Waals surface area (Å²) >= 11 is 0. The monoisotopic (exact) mass is 389 g/mol. The van der Waals surface area contributed by atoms with Crippen molar-refractivity contribution >= 4 is 5.97 Å². The van der Waals surface area contributed by atoms with Crippen LogP contribution in [-0.2, 0) is 6.42 Å². The SMILES string of the molecule is CCCCCCCCCCCCCCCCCCc1cc([O-])ccc1C(=O)O. The maximum atomic E-state index is 11.4. The van der Waals surface area contributed by atoms with Gasteiger partial charge in [0, 0.05) is 0 Å². The first kappa shape index (κ1) is 24.5. The van der Waals surface area contributed by atoms with Crippen LogP contribution in [0.1, 0.15) is 126 Å². The second-order valence-electron chi connectivity index (χ2n) is 8.18. The Hall–Kier alpha value is -1.51. The molecular formula is C25H41O3-. The van der Waals surface area contributed by atoms with Crippen LogP contribution in [0.4, 0.5) is 0 Å². The summed E-state index contributed by atoms with van der Waals surface area (Å²) in [5.74, 6) is -1.04. The summed E-state index contributed by atoms with van der Waals surface area (Å²) in [4.78, 5) is 11.2. The Kier molecular flexibility index (Phi) is 14.4. The van der Waals surface area contributed by atoms with Crippen molar-refractivity contribution in [2.24, 2.45) is 0 Å². The molecule has 0 saturated carbocycles. The van der Waals surface area contributed by atoms with Gasteiger partial charge in [-0.2, -0.15) is 0 Å². The molecule has 0 spiro atoms. The van der Waals surface area contributed by atoms with E-state index in [-0.39, 0.29) is 11.3 Å². The molecule has 0 aromatic heterocycles. The standard InChI is InChI=1S/C25H42O3/c1-2-3-4-5-6-7-8-9-10-11-12-13-14-15-16-17-18-22-21-23(26)19-20-24(22)25(27)28/h19-21,26H,2-18H2,1H3,(H,27,28)/p-1. The van der Waals surface area contributed by atoms with Gasteiger partial charge in [0.1, 0.15) is 0 Å². The second kappa shape index (κ2) is 16.4. The maximum Gasteiger partial charge on any atom is 0.335 e. The molecule has 0 radical (unpaired) electrons. The van der Waals surface area contributed by atoms with Crippen molar-refractivity contribution in [2.75, 3.05) is 0 Å². The minimum Gasteiger partial charge on any atom is -0.872 e. The molecule has 3 heteroatoms. The Balaban J connectivity index is 1.91. The Labute approximate surface area is 172 Å². The van der Waals surface area contributed by atoms with Crippen LogP contribution in [0.25, 0.3) is 0 Å². The first-order chi connectivity index (χ1) is 13.6. The molecule has 1 aromatic carbocycles. The van der Waals surface area contributed by atoms with E-state index in [0.29, 0.717) is 12.0 Å². The molecule has 0 heterocycles. The number of carboxylic acids is 1. The minimum atomic E-state index is -0.938. The smallest absolute Gasteiger partial charge is 0.335 e. The lowest BCUT2D eigenvalue weighted by molar-refractivity contribution is -0.268. The molecular weight excluding hydrogens is 348 g/mol. The lowest BCUT2D eigenvalue weighted by Crippen LogP contribution is -2.04. The van der Waals surface area contributed by atoms with Crippen LogP contribution in [-0.4, -0.2) is 11.1 Å². The normalized spacial score (nSPS) is 11.0. The highest BCUT2D eigenvalue weighted by atomic mass is 16.4. The van der Waals surface area contributed by atoms with Gasteiger partial charge in [0.25, 0.3) is 0 Å². The van der Waals surface area contributed by atoms with E-state index in [0.717, 1.165) is 12.8 Å². The third-order valence-corrected chi connectivity index (χ3v) is 5.61. The van der Waals surface area contributed by atoms with Gasteiger partial charge in [-0.3, -0.25) is 0 Å². The summed E-state index contributed by atoms with van der Waals surface area (Å²) < 4.78 is 0. The quantitative estimate of drug-likeness (QED) is 0.269. The average Bonchev–Trinajstić information content (AvgIpc) is 2.67. The summed E-state index contributed by atoms with van der Waals surface area (Å²) in [5.41, 5.74) is 0.964. The van der Waals surface area contributed by atoms with Crippen LogP contribution < -0.4 is 5.11 Å². The fourth-order valence-electron chi connectivity index (χ4n) is 3.85. The zero-order valence-electron chi connectivity index (χ0n) is 18.0. The molecule has 0 aliphatic carbocycles. The van der Waals surface area contributed by atoms with Gasteiger partial charge in [0.2, 0.25) is 0 Å². The van der Waals surface area contributed by atoms with Gasteiger partial charge in [0.15, 0.2) is 0 Å². The van der Waals surface area contributed by atoms with Crippen LogP contribution in [0.2, 0.25) is 0 Å². The highest BCUT2D eigenvalue weighted by molar-refractivity contribution is 5.89. The summed E-state index contributed by atoms with van der Waals surface area (Å²) in [5, 5.41) is 20.6. The van der Waals surface area contributed by atoms with E-state index in [9.17, 15) is 15.0 Å². The molecule has 1 rings (SSSR count). The lowest BCUT2D eigenvalue weighted by atomic mass is 9.99. The number of rotatable bonds is 18. The van der Waals surface area contributed by atoms with Crippen molar-refractivity contribution in [3.05, 3.63) is 29.3 Å². The van der Waals surface area contributed by atoms with Gasteiger partial charge >= 0.3 is 5.97 Å². The van der Waals surface area contributed by atoms with Crippen molar-refractivity contribution in [3.8, 4) is 5.75 Å². The zero-order valence-corrected chi connectivity index (χ0v) is 18.0. The highest BCUT2D eigenvalue weighted by Crippen LogP contribution is 2.19. The number of aryl methyl sites for hydroxylation is 1. The van der Waals surface area contributed by atoms with Crippen molar-refractivity contribution in [1.29, 1.82) is 0 Å². The van der Waals surface area contributed by atoms with E-state index >= 15 is 0 Å². The zero-order chi connectivity index (χ0) is 20.5. The van der Waals surface area contributed by atoms with E-state index in [1.165, 1.54) is 108 Å². The van der Waals surface area contributed by atoms with Crippen LogP contribution >= 0.6 is 0 Å². The Bertz CT molecular complexity index is 525. The molecule has 0 bridgehead atoms. The minimum absolute atomic E-state index is 0.100. The second-order valence-corrected chi connectivity index (χ2v) is 8.18. The Morgan fingerprint density at radius 3 is 1.61 bits per heavy atom. The van der Waals surface area contributed by atoms with Crippen molar-refractivity contribution in [3.63, 3.8) is 0 Å². The third-order valence-electron chi connectivity index (χ3n) is 5.61. The van der Waals surface area contributed by atoms with Gasteiger partial charge in [-0.05, 0) is 24.5 Å². The number of carbonyl (C=O) groups is 1. The lowest BCUT2D eigenvalue weighted by Gasteiger charge is -2.11. The Morgan fingerprint density at radius 2 is 1.18 bits per heavy atom. The molecule has 28 heavy (non-hydrogen) atoms. The molecule has 0 saturated heterocycles. The molecule has 0 aliphatic rings. The molecule has 3 nitrogen and oxygen atoms in total. The van der Waals surface area contributed by atoms with E-state index in [2.05, 4.69) is 6.92 Å². The predicted octanol–water partition coefficient (Wildman–Crippen LogP) is 7.26. The average molecular weight is 390 g/mol. The van der Waals surface area contributed by atoms with Crippen molar-refractivity contribution in [2.45, 2.75) is 116 Å². The van der Waals surface area contributed by atoms with E-state index in [1.54, 1.807) is 0 Å². The van der Waals surface area contributed by atoms with E-state index < -0.39 is 5.97 Å². The van der Waals surface area contributed by atoms with Crippen LogP contribution in [0.3, 0.4) is 0 Å². The first-order valence-corrected chi connectivity index (χ1v) is 11.7.